The molecule has 1 amide bonds. The second-order valence-corrected chi connectivity index (χ2v) is 8.89. The van der Waals surface area contributed by atoms with Gasteiger partial charge in [0.05, 0.1) is 11.6 Å². The highest BCUT2D eigenvalue weighted by Crippen LogP contribution is 2.36. The largest absolute Gasteiger partial charge is 0.358 e. The van der Waals surface area contributed by atoms with Crippen LogP contribution in [0.25, 0.3) is 11.3 Å². The van der Waals surface area contributed by atoms with Crippen molar-refractivity contribution in [1.29, 1.82) is 0 Å². The number of pyridine rings is 1. The zero-order valence-corrected chi connectivity index (χ0v) is 18.4. The van der Waals surface area contributed by atoms with Gasteiger partial charge in [0.15, 0.2) is 5.78 Å². The first-order valence-electron chi connectivity index (χ1n) is 11.3. The summed E-state index contributed by atoms with van der Waals surface area (Å²) in [6, 6.07) is 14.1. The van der Waals surface area contributed by atoms with Gasteiger partial charge in [-0.25, -0.2) is 0 Å². The zero-order valence-electron chi connectivity index (χ0n) is 18.4. The fourth-order valence-corrected chi connectivity index (χ4v) is 4.93. The first-order chi connectivity index (χ1) is 15.6. The predicted molar refractivity (Wildman–Crippen MR) is 123 cm³/mol. The number of ketones is 1. The number of fused-ring (bicyclic) bond motifs is 1. The number of amides is 1. The number of nitrogens with zero attached hydrogens (tertiary/aromatic N) is 3. The number of H-pyrrole nitrogens is 1. The number of carbonyl (C=O) groups excluding carboxylic acids is 2. The molecule has 2 aromatic heterocycles. The van der Waals surface area contributed by atoms with E-state index in [1.807, 2.05) is 35.2 Å². The van der Waals surface area contributed by atoms with Crippen molar-refractivity contribution in [3.63, 3.8) is 0 Å². The van der Waals surface area contributed by atoms with E-state index in [1.54, 1.807) is 12.4 Å². The Bertz CT molecular complexity index is 1120. The van der Waals surface area contributed by atoms with Crippen LogP contribution in [0.15, 0.2) is 54.9 Å². The van der Waals surface area contributed by atoms with E-state index < -0.39 is 0 Å². The molecule has 1 unspecified atom stereocenters. The normalized spacial score (nSPS) is 19.1. The molecule has 0 spiro atoms. The topological polar surface area (TPSA) is 69.3 Å². The summed E-state index contributed by atoms with van der Waals surface area (Å²) in [7, 11) is 2.08. The van der Waals surface area contributed by atoms with Crippen molar-refractivity contribution in [2.24, 2.45) is 5.92 Å². The van der Waals surface area contributed by atoms with Crippen LogP contribution in [0.3, 0.4) is 0 Å². The number of nitrogens with one attached hydrogen (secondary N) is 1. The molecular formula is C26H28N4O2. The average Bonchev–Trinajstić information content (AvgIpc) is 3.19. The molecule has 32 heavy (non-hydrogen) atoms. The lowest BCUT2D eigenvalue weighted by Crippen LogP contribution is -2.50. The minimum Gasteiger partial charge on any atom is -0.358 e. The van der Waals surface area contributed by atoms with Crippen molar-refractivity contribution < 1.29 is 9.59 Å². The fourth-order valence-electron chi connectivity index (χ4n) is 4.93. The molecule has 1 aromatic carbocycles. The van der Waals surface area contributed by atoms with Crippen LogP contribution in [0, 0.1) is 5.92 Å². The lowest BCUT2D eigenvalue weighted by atomic mass is 9.83. The third-order valence-corrected chi connectivity index (χ3v) is 6.70. The van der Waals surface area contributed by atoms with Gasteiger partial charge < -0.3 is 14.8 Å². The van der Waals surface area contributed by atoms with Gasteiger partial charge >= 0.3 is 0 Å². The molecule has 1 N–H and O–H groups in total. The van der Waals surface area contributed by atoms with Crippen LogP contribution in [0.2, 0.25) is 0 Å². The highest BCUT2D eigenvalue weighted by atomic mass is 16.2. The number of piperazine rings is 1. The molecule has 6 heteroatoms. The molecule has 6 nitrogen and oxygen atoms in total. The molecule has 0 saturated carbocycles. The summed E-state index contributed by atoms with van der Waals surface area (Å²) in [6.45, 7) is 3.24. The highest BCUT2D eigenvalue weighted by Gasteiger charge is 2.36. The predicted octanol–water partition coefficient (Wildman–Crippen LogP) is 3.19. The lowest BCUT2D eigenvalue weighted by Gasteiger charge is -2.35. The van der Waals surface area contributed by atoms with E-state index in [1.165, 1.54) is 0 Å². The summed E-state index contributed by atoms with van der Waals surface area (Å²) in [5.74, 6) is -0.102. The van der Waals surface area contributed by atoms with Crippen molar-refractivity contribution >= 4 is 11.7 Å². The quantitative estimate of drug-likeness (QED) is 0.693. The molecule has 1 atom stereocenters. The van der Waals surface area contributed by atoms with Crippen molar-refractivity contribution in [2.75, 3.05) is 33.2 Å². The minimum absolute atomic E-state index is 0.0706. The standard InChI is InChI=1S/C26H28N4O2/c1-29-11-13-30(14-12-29)26(32)20-16-22-24(23(31)17-20)21(15-18-5-3-2-4-6-18)25(28-22)19-7-9-27-10-8-19/h2-10,20,28H,11-17H2,1H3. The first-order valence-corrected chi connectivity index (χ1v) is 11.3. The van der Waals surface area contributed by atoms with E-state index in [9.17, 15) is 9.59 Å². The van der Waals surface area contributed by atoms with Gasteiger partial charge in [-0.15, -0.1) is 0 Å². The Morgan fingerprint density at radius 1 is 1.03 bits per heavy atom. The van der Waals surface area contributed by atoms with Crippen LogP contribution in [-0.4, -0.2) is 64.7 Å². The maximum atomic E-state index is 13.4. The second kappa shape index (κ2) is 8.71. The number of likely N-dealkylation sites (N-methyl/N-ethyl adjacent to an activating group) is 1. The van der Waals surface area contributed by atoms with Crippen LogP contribution in [0.5, 0.6) is 0 Å². The maximum absolute atomic E-state index is 13.4. The molecule has 1 aliphatic carbocycles. The van der Waals surface area contributed by atoms with E-state index >= 15 is 0 Å². The summed E-state index contributed by atoms with van der Waals surface area (Å²) in [4.78, 5) is 38.4. The molecule has 1 fully saturated rings. The minimum atomic E-state index is -0.285. The Balaban J connectivity index is 1.49. The van der Waals surface area contributed by atoms with E-state index in [0.29, 0.717) is 12.8 Å². The molecule has 0 radical (unpaired) electrons. The number of rotatable bonds is 4. The van der Waals surface area contributed by atoms with Crippen molar-refractivity contribution in [2.45, 2.75) is 19.3 Å². The van der Waals surface area contributed by atoms with Crippen molar-refractivity contribution in [3.8, 4) is 11.3 Å². The fraction of sp³-hybridized carbons (Fsp3) is 0.346. The number of benzene rings is 1. The van der Waals surface area contributed by atoms with Gasteiger partial charge in [0, 0.05) is 74.7 Å². The Kier molecular flexibility index (Phi) is 5.62. The van der Waals surface area contributed by atoms with Crippen LogP contribution in [0.1, 0.15) is 33.6 Å². The number of aromatic amines is 1. The number of Topliss-reactive ketones (excluding diaryl/α,β-unsaturated/α-hetero) is 1. The summed E-state index contributed by atoms with van der Waals surface area (Å²) in [5.41, 5.74) is 5.83. The van der Waals surface area contributed by atoms with Crippen molar-refractivity contribution in [3.05, 3.63) is 77.2 Å². The second-order valence-electron chi connectivity index (χ2n) is 8.89. The van der Waals surface area contributed by atoms with E-state index in [-0.39, 0.29) is 24.0 Å². The Morgan fingerprint density at radius 3 is 2.47 bits per heavy atom. The van der Waals surface area contributed by atoms with Crippen LogP contribution in [-0.2, 0) is 17.6 Å². The van der Waals surface area contributed by atoms with Gasteiger partial charge in [0.1, 0.15) is 0 Å². The molecule has 3 heterocycles. The Hall–Kier alpha value is -3.25. The molecule has 3 aromatic rings. The van der Waals surface area contributed by atoms with Crippen LogP contribution >= 0.6 is 0 Å². The third kappa shape index (κ3) is 3.98. The van der Waals surface area contributed by atoms with Gasteiger partial charge in [-0.1, -0.05) is 30.3 Å². The summed E-state index contributed by atoms with van der Waals surface area (Å²) in [5, 5.41) is 0. The maximum Gasteiger partial charge on any atom is 0.226 e. The van der Waals surface area contributed by atoms with Gasteiger partial charge in [-0.3, -0.25) is 14.6 Å². The van der Waals surface area contributed by atoms with Crippen molar-refractivity contribution in [1.82, 2.24) is 19.8 Å². The molecule has 164 valence electrons. The summed E-state index contributed by atoms with van der Waals surface area (Å²) in [6.07, 6.45) is 5.08. The SMILES string of the molecule is CN1CCN(C(=O)C2CC(=O)c3c([nH]c(-c4ccncc4)c3Cc3ccccc3)C2)CC1. The molecule has 5 rings (SSSR count). The molecule has 0 bridgehead atoms. The van der Waals surface area contributed by atoms with E-state index in [0.717, 1.165) is 59.8 Å². The van der Waals surface area contributed by atoms with Crippen LogP contribution < -0.4 is 0 Å². The molecular weight excluding hydrogens is 400 g/mol. The van der Waals surface area contributed by atoms with E-state index in [4.69, 9.17) is 0 Å². The number of aromatic nitrogens is 2. The highest BCUT2D eigenvalue weighted by molar-refractivity contribution is 6.04. The zero-order chi connectivity index (χ0) is 22.1. The van der Waals surface area contributed by atoms with Gasteiger partial charge in [-0.2, -0.15) is 0 Å². The number of carbonyl (C=O) groups is 2. The third-order valence-electron chi connectivity index (χ3n) is 6.70. The first kappa shape index (κ1) is 20.6. The smallest absolute Gasteiger partial charge is 0.226 e. The lowest BCUT2D eigenvalue weighted by molar-refractivity contribution is -0.137. The number of hydrogen-bond donors (Lipinski definition) is 1. The average molecular weight is 429 g/mol. The molecule has 1 saturated heterocycles. The Morgan fingerprint density at radius 2 is 1.75 bits per heavy atom. The summed E-state index contributed by atoms with van der Waals surface area (Å²) < 4.78 is 0. The molecule has 1 aliphatic heterocycles. The van der Waals surface area contributed by atoms with E-state index in [2.05, 4.69) is 34.0 Å². The summed E-state index contributed by atoms with van der Waals surface area (Å²) >= 11 is 0. The van der Waals surface area contributed by atoms with Gasteiger partial charge in [-0.05, 0) is 30.3 Å². The van der Waals surface area contributed by atoms with Crippen LogP contribution in [0.4, 0.5) is 0 Å². The Labute approximate surface area is 188 Å². The van der Waals surface area contributed by atoms with Gasteiger partial charge in [0.25, 0.3) is 0 Å². The molecule has 2 aliphatic rings. The van der Waals surface area contributed by atoms with Gasteiger partial charge in [0.2, 0.25) is 5.91 Å². The number of hydrogen-bond acceptors (Lipinski definition) is 4. The monoisotopic (exact) mass is 428 g/mol.